The van der Waals surface area contributed by atoms with E-state index in [0.717, 1.165) is 31.5 Å². The van der Waals surface area contributed by atoms with Gasteiger partial charge in [0.2, 0.25) is 5.91 Å². The minimum absolute atomic E-state index is 0.0251. The molecular weight excluding hydrogens is 370 g/mol. The van der Waals surface area contributed by atoms with Gasteiger partial charge in [-0.3, -0.25) is 9.20 Å². The van der Waals surface area contributed by atoms with E-state index >= 15 is 0 Å². The summed E-state index contributed by atoms with van der Waals surface area (Å²) >= 11 is 0. The highest BCUT2D eigenvalue weighted by Crippen LogP contribution is 2.31. The Bertz CT molecular complexity index is 1060. The van der Waals surface area contributed by atoms with Crippen LogP contribution in [-0.4, -0.2) is 46.9 Å². The number of hydrogen-bond donors (Lipinski definition) is 2. The van der Waals surface area contributed by atoms with Gasteiger partial charge < -0.3 is 15.4 Å². The molecule has 3 heterocycles. The van der Waals surface area contributed by atoms with Crippen molar-refractivity contribution in [2.24, 2.45) is 5.41 Å². The predicted molar refractivity (Wildman–Crippen MR) is 110 cm³/mol. The molecule has 2 aromatic heterocycles. The Kier molecular flexibility index (Phi) is 5.46. The van der Waals surface area contributed by atoms with Crippen LogP contribution in [0.25, 0.3) is 5.65 Å². The zero-order chi connectivity index (χ0) is 20.3. The molecule has 1 fully saturated rings. The van der Waals surface area contributed by atoms with E-state index in [1.54, 1.807) is 25.4 Å². The normalized spacial score (nSPS) is 16.0. The minimum Gasteiger partial charge on any atom is -0.384 e. The van der Waals surface area contributed by atoms with Crippen LogP contribution in [0.5, 0.6) is 0 Å². The number of piperidine rings is 1. The molecule has 2 N–H and O–H groups in total. The molecule has 0 spiro atoms. The molecule has 1 saturated heterocycles. The van der Waals surface area contributed by atoms with E-state index in [2.05, 4.69) is 15.7 Å². The van der Waals surface area contributed by atoms with Gasteiger partial charge in [0, 0.05) is 19.0 Å². The standard InChI is InChI=1S/C21H25N5O3/c1-29-15-21(8-10-22-11-9-21)19(27)23-17-6-4-5-16(13-17)14-26-20(28)25-12-3-2-7-18(25)24-26/h2-7,12-13,22H,8-11,14-15H2,1H3,(H,23,27). The van der Waals surface area contributed by atoms with Gasteiger partial charge in [0.1, 0.15) is 0 Å². The first-order chi connectivity index (χ1) is 14.1. The fourth-order valence-electron chi connectivity index (χ4n) is 3.87. The second-order valence-corrected chi connectivity index (χ2v) is 7.49. The molecule has 8 heteroatoms. The molecule has 3 aromatic rings. The van der Waals surface area contributed by atoms with Crippen molar-refractivity contribution in [2.75, 3.05) is 32.1 Å². The van der Waals surface area contributed by atoms with E-state index in [0.29, 0.717) is 24.5 Å². The van der Waals surface area contributed by atoms with Crippen LogP contribution < -0.4 is 16.3 Å². The average Bonchev–Trinajstić information content (AvgIpc) is 3.05. The maximum atomic E-state index is 13.0. The van der Waals surface area contributed by atoms with Crippen LogP contribution in [-0.2, 0) is 16.1 Å². The number of carbonyl (C=O) groups is 1. The van der Waals surface area contributed by atoms with E-state index < -0.39 is 5.41 Å². The number of carbonyl (C=O) groups excluding carboxylic acids is 1. The molecule has 29 heavy (non-hydrogen) atoms. The van der Waals surface area contributed by atoms with E-state index in [9.17, 15) is 9.59 Å². The number of nitrogens with zero attached hydrogens (tertiary/aromatic N) is 3. The summed E-state index contributed by atoms with van der Waals surface area (Å²) in [4.78, 5) is 25.5. The molecule has 0 unspecified atom stereocenters. The van der Waals surface area contributed by atoms with Gasteiger partial charge in [-0.05, 0) is 55.8 Å². The van der Waals surface area contributed by atoms with Gasteiger partial charge in [0.15, 0.2) is 5.65 Å². The van der Waals surface area contributed by atoms with Crippen LogP contribution in [0, 0.1) is 5.41 Å². The lowest BCUT2D eigenvalue weighted by molar-refractivity contribution is -0.130. The number of hydrogen-bond acceptors (Lipinski definition) is 5. The van der Waals surface area contributed by atoms with E-state index in [-0.39, 0.29) is 11.6 Å². The summed E-state index contributed by atoms with van der Waals surface area (Å²) in [7, 11) is 1.63. The first kappa shape index (κ1) is 19.4. The number of aromatic nitrogens is 3. The smallest absolute Gasteiger partial charge is 0.350 e. The first-order valence-electron chi connectivity index (χ1n) is 9.76. The van der Waals surface area contributed by atoms with Crippen molar-refractivity contribution in [2.45, 2.75) is 19.4 Å². The van der Waals surface area contributed by atoms with Crippen molar-refractivity contribution in [3.8, 4) is 0 Å². The number of rotatable bonds is 6. The van der Waals surface area contributed by atoms with E-state index in [1.165, 1.54) is 9.08 Å². The second-order valence-electron chi connectivity index (χ2n) is 7.49. The number of fused-ring (bicyclic) bond motifs is 1. The number of nitrogens with one attached hydrogen (secondary N) is 2. The van der Waals surface area contributed by atoms with Crippen molar-refractivity contribution in [1.29, 1.82) is 0 Å². The predicted octanol–water partition coefficient (Wildman–Crippen LogP) is 1.50. The SMILES string of the molecule is COCC1(C(=O)Nc2cccc(Cn3nc4ccccn4c3=O)c2)CCNCC1. The number of anilines is 1. The zero-order valence-electron chi connectivity index (χ0n) is 16.4. The molecule has 8 nitrogen and oxygen atoms in total. The number of methoxy groups -OCH3 is 1. The Morgan fingerprint density at radius 2 is 2.07 bits per heavy atom. The molecule has 0 bridgehead atoms. The fraction of sp³-hybridized carbons (Fsp3) is 0.381. The highest BCUT2D eigenvalue weighted by atomic mass is 16.5. The summed E-state index contributed by atoms with van der Waals surface area (Å²) in [6.07, 6.45) is 3.18. The lowest BCUT2D eigenvalue weighted by Gasteiger charge is -2.35. The molecule has 1 aliphatic heterocycles. The lowest BCUT2D eigenvalue weighted by Crippen LogP contribution is -2.47. The summed E-state index contributed by atoms with van der Waals surface area (Å²) in [6.45, 7) is 2.33. The quantitative estimate of drug-likeness (QED) is 0.660. The van der Waals surface area contributed by atoms with Crippen molar-refractivity contribution in [3.05, 3.63) is 64.7 Å². The molecule has 4 rings (SSSR count). The van der Waals surface area contributed by atoms with Crippen molar-refractivity contribution < 1.29 is 9.53 Å². The summed E-state index contributed by atoms with van der Waals surface area (Å²) in [5, 5.41) is 10.7. The fourth-order valence-corrected chi connectivity index (χ4v) is 3.87. The Labute approximate surface area is 168 Å². The Hall–Kier alpha value is -2.97. The summed E-state index contributed by atoms with van der Waals surface area (Å²) < 4.78 is 8.29. The van der Waals surface area contributed by atoms with Gasteiger partial charge in [0.25, 0.3) is 0 Å². The Morgan fingerprint density at radius 3 is 2.83 bits per heavy atom. The zero-order valence-corrected chi connectivity index (χ0v) is 16.4. The van der Waals surface area contributed by atoms with Gasteiger partial charge in [-0.1, -0.05) is 18.2 Å². The summed E-state index contributed by atoms with van der Waals surface area (Å²) in [5.74, 6) is -0.0251. The van der Waals surface area contributed by atoms with Crippen LogP contribution in [0.2, 0.25) is 0 Å². The Morgan fingerprint density at radius 1 is 1.24 bits per heavy atom. The van der Waals surface area contributed by atoms with E-state index in [4.69, 9.17) is 4.74 Å². The maximum Gasteiger partial charge on any atom is 0.350 e. The first-order valence-corrected chi connectivity index (χ1v) is 9.76. The number of amides is 1. The van der Waals surface area contributed by atoms with Crippen molar-refractivity contribution in [1.82, 2.24) is 19.5 Å². The van der Waals surface area contributed by atoms with Crippen molar-refractivity contribution in [3.63, 3.8) is 0 Å². The topological polar surface area (TPSA) is 89.7 Å². The molecule has 1 amide bonds. The van der Waals surface area contributed by atoms with Crippen LogP contribution in [0.1, 0.15) is 18.4 Å². The molecule has 0 saturated carbocycles. The average molecular weight is 395 g/mol. The van der Waals surface area contributed by atoms with Crippen molar-refractivity contribution >= 4 is 17.2 Å². The third-order valence-electron chi connectivity index (χ3n) is 5.47. The van der Waals surface area contributed by atoms with Crippen LogP contribution in [0.3, 0.4) is 0 Å². The highest BCUT2D eigenvalue weighted by molar-refractivity contribution is 5.95. The van der Waals surface area contributed by atoms with Gasteiger partial charge in [-0.15, -0.1) is 5.10 Å². The molecule has 1 aromatic carbocycles. The molecule has 152 valence electrons. The summed E-state index contributed by atoms with van der Waals surface area (Å²) in [5.41, 5.74) is 1.49. The molecule has 0 radical (unpaired) electrons. The molecule has 0 aliphatic carbocycles. The number of pyridine rings is 1. The minimum atomic E-state index is -0.519. The molecular formula is C21H25N5O3. The monoisotopic (exact) mass is 395 g/mol. The van der Waals surface area contributed by atoms with Gasteiger partial charge >= 0.3 is 5.69 Å². The van der Waals surface area contributed by atoms with Crippen LogP contribution >= 0.6 is 0 Å². The number of benzene rings is 1. The molecule has 0 atom stereocenters. The highest BCUT2D eigenvalue weighted by Gasteiger charge is 2.39. The van der Waals surface area contributed by atoms with Crippen LogP contribution in [0.4, 0.5) is 5.69 Å². The third-order valence-corrected chi connectivity index (χ3v) is 5.47. The Balaban J connectivity index is 1.53. The number of ether oxygens (including phenoxy) is 1. The maximum absolute atomic E-state index is 13.0. The van der Waals surface area contributed by atoms with Gasteiger partial charge in [-0.25, -0.2) is 9.48 Å². The summed E-state index contributed by atoms with van der Waals surface area (Å²) in [6, 6.07) is 13.0. The molecule has 1 aliphatic rings. The van der Waals surface area contributed by atoms with Gasteiger partial charge in [0.05, 0.1) is 18.6 Å². The second kappa shape index (κ2) is 8.18. The third kappa shape index (κ3) is 3.94. The van der Waals surface area contributed by atoms with E-state index in [1.807, 2.05) is 30.3 Å². The lowest BCUT2D eigenvalue weighted by atomic mass is 9.78. The van der Waals surface area contributed by atoms with Crippen LogP contribution in [0.15, 0.2) is 53.5 Å². The van der Waals surface area contributed by atoms with Gasteiger partial charge in [-0.2, -0.15) is 0 Å². The largest absolute Gasteiger partial charge is 0.384 e.